The third kappa shape index (κ3) is 2.47. The number of nitrogens with zero attached hydrogens (tertiary/aromatic N) is 1. The van der Waals surface area contributed by atoms with E-state index < -0.39 is 0 Å². The van der Waals surface area contributed by atoms with Crippen LogP contribution in [-0.4, -0.2) is 29.6 Å². The first kappa shape index (κ1) is 9.97. The first-order chi connectivity index (χ1) is 6.86. The third-order valence-electron chi connectivity index (χ3n) is 3.21. The number of amidine groups is 1. The Morgan fingerprint density at radius 2 is 2.00 bits per heavy atom. The van der Waals surface area contributed by atoms with E-state index >= 15 is 0 Å². The highest BCUT2D eigenvalue weighted by atomic mass is 16.3. The molecule has 2 atom stereocenters. The number of aliphatic hydroxyl groups is 1. The largest absolute Gasteiger partial charge is 0.391 e. The first-order valence-corrected chi connectivity index (χ1v) is 5.84. The lowest BCUT2D eigenvalue weighted by Gasteiger charge is -2.30. The van der Waals surface area contributed by atoms with Crippen molar-refractivity contribution < 1.29 is 5.11 Å². The van der Waals surface area contributed by atoms with Gasteiger partial charge in [-0.2, -0.15) is 0 Å². The number of nitrogens with one attached hydrogen (secondary N) is 1. The average Bonchev–Trinajstić information content (AvgIpc) is 2.23. The molecule has 0 radical (unpaired) electrons. The molecule has 1 aliphatic heterocycles. The lowest BCUT2D eigenvalue weighted by atomic mass is 9.92. The van der Waals surface area contributed by atoms with Crippen LogP contribution < -0.4 is 5.32 Å². The van der Waals surface area contributed by atoms with Crippen molar-refractivity contribution in [3.8, 4) is 0 Å². The Morgan fingerprint density at radius 1 is 1.14 bits per heavy atom. The molecule has 0 spiro atoms. The molecule has 2 rings (SSSR count). The highest BCUT2D eigenvalue weighted by Gasteiger charge is 2.23. The van der Waals surface area contributed by atoms with Crippen molar-refractivity contribution in [1.82, 2.24) is 5.32 Å². The van der Waals surface area contributed by atoms with Gasteiger partial charge in [0.2, 0.25) is 0 Å². The van der Waals surface area contributed by atoms with E-state index in [2.05, 4.69) is 10.3 Å². The molecule has 1 fully saturated rings. The smallest absolute Gasteiger partial charge is 0.0966 e. The number of rotatable bonds is 1. The molecule has 2 N–H and O–H groups in total. The predicted octanol–water partition coefficient (Wildman–Crippen LogP) is 1.46. The predicted molar refractivity (Wildman–Crippen MR) is 57.6 cm³/mol. The summed E-state index contributed by atoms with van der Waals surface area (Å²) < 4.78 is 0. The van der Waals surface area contributed by atoms with Gasteiger partial charge in [-0.1, -0.05) is 12.8 Å². The topological polar surface area (TPSA) is 44.6 Å². The van der Waals surface area contributed by atoms with Crippen LogP contribution in [0.15, 0.2) is 4.99 Å². The molecule has 3 nitrogen and oxygen atoms in total. The molecule has 80 valence electrons. The van der Waals surface area contributed by atoms with E-state index in [9.17, 15) is 5.11 Å². The summed E-state index contributed by atoms with van der Waals surface area (Å²) in [6.07, 6.45) is 7.84. The van der Waals surface area contributed by atoms with Gasteiger partial charge in [0.1, 0.15) is 0 Å². The molecule has 1 saturated carbocycles. The second kappa shape index (κ2) is 4.78. The summed E-state index contributed by atoms with van der Waals surface area (Å²) in [5.41, 5.74) is 0. The van der Waals surface area contributed by atoms with Crippen molar-refractivity contribution in [3.63, 3.8) is 0 Å². The van der Waals surface area contributed by atoms with Gasteiger partial charge in [-0.3, -0.25) is 4.99 Å². The molecule has 0 aromatic rings. The minimum absolute atomic E-state index is 0.159. The van der Waals surface area contributed by atoms with Gasteiger partial charge < -0.3 is 10.4 Å². The molecule has 2 aliphatic rings. The van der Waals surface area contributed by atoms with E-state index in [0.29, 0.717) is 0 Å². The van der Waals surface area contributed by atoms with Gasteiger partial charge in [-0.25, -0.2) is 0 Å². The maximum absolute atomic E-state index is 9.78. The van der Waals surface area contributed by atoms with Gasteiger partial charge in [0.25, 0.3) is 0 Å². The SMILES string of the molecule is OC1CCCCC1NC1=NCCCC1. The molecule has 0 bridgehead atoms. The molecular weight excluding hydrogens is 176 g/mol. The number of hydrogen-bond donors (Lipinski definition) is 2. The van der Waals surface area contributed by atoms with Crippen LogP contribution in [0.25, 0.3) is 0 Å². The van der Waals surface area contributed by atoms with E-state index in [-0.39, 0.29) is 12.1 Å². The van der Waals surface area contributed by atoms with Crippen molar-refractivity contribution in [2.75, 3.05) is 6.54 Å². The second-order valence-electron chi connectivity index (χ2n) is 4.39. The fraction of sp³-hybridized carbons (Fsp3) is 0.909. The van der Waals surface area contributed by atoms with E-state index in [1.165, 1.54) is 25.7 Å². The highest BCUT2D eigenvalue weighted by molar-refractivity contribution is 5.82. The minimum Gasteiger partial charge on any atom is -0.391 e. The highest BCUT2D eigenvalue weighted by Crippen LogP contribution is 2.19. The second-order valence-corrected chi connectivity index (χ2v) is 4.39. The molecule has 3 heteroatoms. The van der Waals surface area contributed by atoms with Crippen molar-refractivity contribution in [3.05, 3.63) is 0 Å². The van der Waals surface area contributed by atoms with Crippen LogP contribution in [0.4, 0.5) is 0 Å². The van der Waals surface area contributed by atoms with Crippen molar-refractivity contribution in [1.29, 1.82) is 0 Å². The summed E-state index contributed by atoms with van der Waals surface area (Å²) >= 11 is 0. The first-order valence-electron chi connectivity index (χ1n) is 5.84. The van der Waals surface area contributed by atoms with Gasteiger partial charge in [-0.05, 0) is 25.7 Å². The molecule has 0 aromatic heterocycles. The monoisotopic (exact) mass is 196 g/mol. The summed E-state index contributed by atoms with van der Waals surface area (Å²) in [6.45, 7) is 0.963. The lowest BCUT2D eigenvalue weighted by Crippen LogP contribution is -2.45. The fourth-order valence-corrected chi connectivity index (χ4v) is 2.31. The molecule has 1 aliphatic carbocycles. The van der Waals surface area contributed by atoms with E-state index in [0.717, 1.165) is 31.6 Å². The molecule has 2 unspecified atom stereocenters. The summed E-state index contributed by atoms with van der Waals surface area (Å²) in [6, 6.07) is 0.264. The Hall–Kier alpha value is -0.570. The van der Waals surface area contributed by atoms with Crippen LogP contribution in [0.3, 0.4) is 0 Å². The molecule has 0 saturated heterocycles. The van der Waals surface area contributed by atoms with Crippen LogP contribution in [0.5, 0.6) is 0 Å². The van der Waals surface area contributed by atoms with Crippen LogP contribution in [0, 0.1) is 0 Å². The van der Waals surface area contributed by atoms with Crippen molar-refractivity contribution in [2.45, 2.75) is 57.1 Å². The standard InChI is InChI=1S/C11H20N2O/c14-10-6-2-1-5-9(10)13-11-7-3-4-8-12-11/h9-10,14H,1-8H2,(H,12,13). The normalized spacial score (nSPS) is 33.6. The van der Waals surface area contributed by atoms with Crippen LogP contribution in [-0.2, 0) is 0 Å². The Labute approximate surface area is 85.6 Å². The Balaban J connectivity index is 1.85. The molecule has 1 heterocycles. The third-order valence-corrected chi connectivity index (χ3v) is 3.21. The van der Waals surface area contributed by atoms with Gasteiger partial charge in [0, 0.05) is 13.0 Å². The molecule has 0 amide bonds. The summed E-state index contributed by atoms with van der Waals surface area (Å²) in [5, 5.41) is 13.2. The lowest BCUT2D eigenvalue weighted by molar-refractivity contribution is 0.0994. The van der Waals surface area contributed by atoms with Gasteiger partial charge in [0.15, 0.2) is 0 Å². The number of hydrogen-bond acceptors (Lipinski definition) is 3. The fourth-order valence-electron chi connectivity index (χ4n) is 2.31. The van der Waals surface area contributed by atoms with Crippen LogP contribution in [0.2, 0.25) is 0 Å². The Kier molecular flexibility index (Phi) is 3.40. The minimum atomic E-state index is -0.159. The van der Waals surface area contributed by atoms with Crippen molar-refractivity contribution in [2.24, 2.45) is 4.99 Å². The Morgan fingerprint density at radius 3 is 2.71 bits per heavy atom. The van der Waals surface area contributed by atoms with Crippen molar-refractivity contribution >= 4 is 5.84 Å². The van der Waals surface area contributed by atoms with E-state index in [1.54, 1.807) is 0 Å². The Bertz CT molecular complexity index is 215. The summed E-state index contributed by atoms with van der Waals surface area (Å²) in [5.74, 6) is 1.13. The maximum atomic E-state index is 9.78. The molecular formula is C11H20N2O. The van der Waals surface area contributed by atoms with E-state index in [4.69, 9.17) is 0 Å². The maximum Gasteiger partial charge on any atom is 0.0966 e. The zero-order valence-corrected chi connectivity index (χ0v) is 8.71. The van der Waals surface area contributed by atoms with E-state index in [1.807, 2.05) is 0 Å². The zero-order chi connectivity index (χ0) is 9.80. The average molecular weight is 196 g/mol. The quantitative estimate of drug-likeness (QED) is 0.667. The summed E-state index contributed by atoms with van der Waals surface area (Å²) in [4.78, 5) is 4.45. The zero-order valence-electron chi connectivity index (χ0n) is 8.71. The van der Waals surface area contributed by atoms with Gasteiger partial charge >= 0.3 is 0 Å². The van der Waals surface area contributed by atoms with Crippen LogP contribution in [0.1, 0.15) is 44.9 Å². The molecule has 0 aromatic carbocycles. The van der Waals surface area contributed by atoms with Gasteiger partial charge in [0.05, 0.1) is 18.0 Å². The van der Waals surface area contributed by atoms with Gasteiger partial charge in [-0.15, -0.1) is 0 Å². The summed E-state index contributed by atoms with van der Waals surface area (Å²) in [7, 11) is 0. The number of aliphatic hydroxyl groups excluding tert-OH is 1. The van der Waals surface area contributed by atoms with Crippen LogP contribution >= 0.6 is 0 Å². The number of aliphatic imine (C=N–C) groups is 1. The molecule has 14 heavy (non-hydrogen) atoms.